The van der Waals surface area contributed by atoms with E-state index < -0.39 is 9.84 Å². The lowest BCUT2D eigenvalue weighted by molar-refractivity contribution is -0.117. The molecule has 0 unspecified atom stereocenters. The number of carbonyl (C=O) groups is 1. The molecule has 1 amide bonds. The lowest BCUT2D eigenvalue weighted by Crippen LogP contribution is -2.27. The van der Waals surface area contributed by atoms with Gasteiger partial charge >= 0.3 is 0 Å². The molecule has 0 bridgehead atoms. The third kappa shape index (κ3) is 5.66. The molecule has 0 aliphatic rings. The Labute approximate surface area is 267 Å². The Hall–Kier alpha value is -5.60. The van der Waals surface area contributed by atoms with Crippen LogP contribution in [0, 0.1) is 0 Å². The Morgan fingerprint density at radius 2 is 1.48 bits per heavy atom. The molecule has 226 valence electrons. The van der Waals surface area contributed by atoms with Gasteiger partial charge in [0, 0.05) is 58.7 Å². The number of fused-ring (bicyclic) bond motifs is 3. The van der Waals surface area contributed by atoms with E-state index in [2.05, 4.69) is 22.1 Å². The first-order valence-electron chi connectivity index (χ1n) is 14.9. The highest BCUT2D eigenvalue weighted by molar-refractivity contribution is 7.90. The van der Waals surface area contributed by atoms with E-state index >= 15 is 0 Å². The van der Waals surface area contributed by atoms with Crippen molar-refractivity contribution < 1.29 is 13.2 Å². The summed E-state index contributed by atoms with van der Waals surface area (Å²) in [4.78, 5) is 27.2. The van der Waals surface area contributed by atoms with Gasteiger partial charge in [-0.2, -0.15) is 0 Å². The second-order valence-electron chi connectivity index (χ2n) is 11.2. The molecular weight excluding hydrogens is 593 g/mol. The molecule has 0 spiro atoms. The molecule has 46 heavy (non-hydrogen) atoms. The molecule has 1 N–H and O–H groups in total. The van der Waals surface area contributed by atoms with Crippen molar-refractivity contribution in [2.45, 2.75) is 17.1 Å². The van der Waals surface area contributed by atoms with Gasteiger partial charge in [-0.25, -0.2) is 13.4 Å². The second-order valence-corrected chi connectivity index (χ2v) is 13.2. The van der Waals surface area contributed by atoms with Crippen molar-refractivity contribution in [2.75, 3.05) is 11.9 Å². The number of H-pyrrole nitrogens is 1. The van der Waals surface area contributed by atoms with Crippen LogP contribution in [-0.4, -0.2) is 36.3 Å². The highest BCUT2D eigenvalue weighted by Gasteiger charge is 2.20. The van der Waals surface area contributed by atoms with Crippen LogP contribution in [0.5, 0.6) is 0 Å². The van der Waals surface area contributed by atoms with E-state index in [-0.39, 0.29) is 18.1 Å². The molecule has 8 heteroatoms. The predicted molar refractivity (Wildman–Crippen MR) is 183 cm³/mol. The fourth-order valence-corrected chi connectivity index (χ4v) is 7.21. The van der Waals surface area contributed by atoms with E-state index in [1.807, 2.05) is 85.1 Å². The van der Waals surface area contributed by atoms with Gasteiger partial charge in [-0.1, -0.05) is 66.7 Å². The summed E-state index contributed by atoms with van der Waals surface area (Å²) in [6, 6.07) is 36.0. The molecule has 3 heterocycles. The van der Waals surface area contributed by atoms with Gasteiger partial charge in [0.05, 0.1) is 17.1 Å². The summed E-state index contributed by atoms with van der Waals surface area (Å²) in [5.74, 6) is -0.127. The van der Waals surface area contributed by atoms with Crippen LogP contribution in [0.25, 0.3) is 44.2 Å². The number of amides is 1. The van der Waals surface area contributed by atoms with Gasteiger partial charge in [0.25, 0.3) is 0 Å². The number of pyridine rings is 2. The maximum atomic E-state index is 13.2. The molecule has 7 rings (SSSR count). The van der Waals surface area contributed by atoms with Crippen molar-refractivity contribution in [1.29, 1.82) is 0 Å². The summed E-state index contributed by atoms with van der Waals surface area (Å²) in [7, 11) is -1.74. The van der Waals surface area contributed by atoms with E-state index in [1.165, 1.54) is 0 Å². The van der Waals surface area contributed by atoms with Gasteiger partial charge < -0.3 is 9.88 Å². The summed E-state index contributed by atoms with van der Waals surface area (Å²) < 4.78 is 26.5. The minimum atomic E-state index is -3.52. The number of carbonyl (C=O) groups excluding carboxylic acids is 1. The van der Waals surface area contributed by atoms with Crippen molar-refractivity contribution in [3.05, 3.63) is 145 Å². The van der Waals surface area contributed by atoms with Crippen LogP contribution >= 0.6 is 0 Å². The smallest absolute Gasteiger partial charge is 0.231 e. The maximum absolute atomic E-state index is 13.2. The summed E-state index contributed by atoms with van der Waals surface area (Å²) in [6.45, 7) is 0. The largest absolute Gasteiger partial charge is 0.339 e. The average Bonchev–Trinajstić information content (AvgIpc) is 3.46. The average molecular weight is 623 g/mol. The second kappa shape index (κ2) is 12.1. The number of nitrogens with one attached hydrogen (secondary N) is 1. The van der Waals surface area contributed by atoms with Crippen molar-refractivity contribution >= 4 is 43.4 Å². The third-order valence-corrected chi connectivity index (χ3v) is 9.95. The van der Waals surface area contributed by atoms with Crippen LogP contribution in [0.4, 0.5) is 5.69 Å². The zero-order chi connectivity index (χ0) is 31.7. The molecule has 7 nitrogen and oxygen atoms in total. The summed E-state index contributed by atoms with van der Waals surface area (Å²) in [6.07, 6.45) is 5.53. The van der Waals surface area contributed by atoms with E-state index in [4.69, 9.17) is 4.98 Å². The molecule has 4 aromatic carbocycles. The summed E-state index contributed by atoms with van der Waals surface area (Å²) in [5.41, 5.74) is 7.89. The highest BCUT2D eigenvalue weighted by atomic mass is 32.2. The van der Waals surface area contributed by atoms with E-state index in [0.29, 0.717) is 10.5 Å². The predicted octanol–water partition coefficient (Wildman–Crippen LogP) is 7.62. The van der Waals surface area contributed by atoms with Gasteiger partial charge in [-0.15, -0.1) is 0 Å². The number of sulfone groups is 1. The summed E-state index contributed by atoms with van der Waals surface area (Å²) >= 11 is 0. The number of aromatic nitrogens is 3. The minimum Gasteiger partial charge on any atom is -0.339 e. The lowest BCUT2D eigenvalue weighted by Gasteiger charge is -2.18. The molecule has 0 aliphatic heterocycles. The normalized spacial score (nSPS) is 11.6. The topological polar surface area (TPSA) is 96.0 Å². The van der Waals surface area contributed by atoms with Crippen LogP contribution < -0.4 is 4.90 Å². The Morgan fingerprint density at radius 1 is 0.783 bits per heavy atom. The van der Waals surface area contributed by atoms with E-state index in [9.17, 15) is 13.2 Å². The molecule has 0 radical (unpaired) electrons. The zero-order valence-corrected chi connectivity index (χ0v) is 25.9. The number of hydrogen-bond donors (Lipinski definition) is 1. The Balaban J connectivity index is 1.30. The van der Waals surface area contributed by atoms with Crippen LogP contribution in [0.15, 0.2) is 139 Å². The number of likely N-dealkylation sites (N-methyl/N-ethyl adjacent to an activating group) is 1. The van der Waals surface area contributed by atoms with Gasteiger partial charge in [-0.3, -0.25) is 9.78 Å². The van der Waals surface area contributed by atoms with Gasteiger partial charge in [0.2, 0.25) is 5.91 Å². The van der Waals surface area contributed by atoms with E-state index in [1.54, 1.807) is 48.6 Å². The number of nitrogens with zero attached hydrogens (tertiary/aromatic N) is 3. The molecule has 0 atom stereocenters. The van der Waals surface area contributed by atoms with E-state index in [0.717, 1.165) is 55.4 Å². The Morgan fingerprint density at radius 3 is 2.20 bits per heavy atom. The summed E-state index contributed by atoms with van der Waals surface area (Å²) in [5, 5.41) is 1.83. The molecule has 7 aromatic rings. The van der Waals surface area contributed by atoms with Crippen LogP contribution in [0.3, 0.4) is 0 Å². The number of benzene rings is 4. The van der Waals surface area contributed by atoms with Crippen molar-refractivity contribution in [2.24, 2.45) is 0 Å². The van der Waals surface area contributed by atoms with Crippen LogP contribution in [0.1, 0.15) is 11.1 Å². The number of anilines is 1. The first kappa shape index (κ1) is 29.1. The Kier molecular flexibility index (Phi) is 7.64. The number of hydrogen-bond acceptors (Lipinski definition) is 5. The van der Waals surface area contributed by atoms with Crippen LogP contribution in [-0.2, 0) is 26.8 Å². The molecule has 0 saturated heterocycles. The van der Waals surface area contributed by atoms with Gasteiger partial charge in [0.15, 0.2) is 9.84 Å². The molecule has 0 saturated carbocycles. The van der Waals surface area contributed by atoms with Crippen LogP contribution in [0.2, 0.25) is 0 Å². The first-order chi connectivity index (χ1) is 22.4. The van der Waals surface area contributed by atoms with Crippen molar-refractivity contribution in [1.82, 2.24) is 15.0 Å². The first-order valence-corrected chi connectivity index (χ1v) is 16.5. The number of aromatic amines is 1. The van der Waals surface area contributed by atoms with Crippen molar-refractivity contribution in [3.8, 4) is 22.3 Å². The fourth-order valence-electron chi connectivity index (χ4n) is 5.85. The molecule has 3 aromatic heterocycles. The molecular formula is C38H30N4O3S. The molecule has 0 fully saturated rings. The quantitative estimate of drug-likeness (QED) is 0.188. The van der Waals surface area contributed by atoms with Gasteiger partial charge in [-0.05, 0) is 70.8 Å². The van der Waals surface area contributed by atoms with Crippen molar-refractivity contribution in [3.63, 3.8) is 0 Å². The SMILES string of the molecule is CN(C(=O)Cc1ccncc1)c1ccc(-c2cnc3[nH]c4ccc(CS(=O)(=O)c5ccccc5)cc4c3c2-c2ccccc2)cc1. The van der Waals surface area contributed by atoms with Gasteiger partial charge in [0.1, 0.15) is 5.65 Å². The minimum absolute atomic E-state index is 0.0177. The molecule has 0 aliphatic carbocycles. The standard InChI is InChI=1S/C38H30N4O3S/c1-42(35(43)23-26-18-20-39-21-19-26)30-15-13-28(14-16-30)33-24-40-38-37(36(33)29-8-4-2-5-9-29)32-22-27(12-17-34(32)41-38)25-46(44,45)31-10-6-3-7-11-31/h2-22,24H,23,25H2,1H3,(H,40,41). The monoisotopic (exact) mass is 622 g/mol. The highest BCUT2D eigenvalue weighted by Crippen LogP contribution is 2.41. The zero-order valence-electron chi connectivity index (χ0n) is 25.1. The lowest BCUT2D eigenvalue weighted by atomic mass is 9.92. The third-order valence-electron chi connectivity index (χ3n) is 8.25. The Bertz CT molecular complexity index is 2290. The fraction of sp³-hybridized carbons (Fsp3) is 0.0789. The maximum Gasteiger partial charge on any atom is 0.231 e. The number of rotatable bonds is 8.